The van der Waals surface area contributed by atoms with Gasteiger partial charge in [0.25, 0.3) is 0 Å². The van der Waals surface area contributed by atoms with Gasteiger partial charge in [-0.25, -0.2) is 14.4 Å². The van der Waals surface area contributed by atoms with Gasteiger partial charge in [-0.05, 0) is 24.3 Å². The summed E-state index contributed by atoms with van der Waals surface area (Å²) in [7, 11) is 1.54. The monoisotopic (exact) mass is 426 g/mol. The van der Waals surface area contributed by atoms with E-state index in [0.717, 1.165) is 0 Å². The molecule has 4 aromatic rings. The Kier molecular flexibility index (Phi) is 4.55. The van der Waals surface area contributed by atoms with Gasteiger partial charge < -0.3 is 19.5 Å². The molecule has 3 heterocycles. The number of halogens is 2. The lowest BCUT2D eigenvalue weighted by Gasteiger charge is -2.19. The highest BCUT2D eigenvalue weighted by Gasteiger charge is 2.22. The molecule has 1 aliphatic rings. The Bertz CT molecular complexity index is 1240. The van der Waals surface area contributed by atoms with Gasteiger partial charge in [-0.2, -0.15) is 0 Å². The lowest BCUT2D eigenvalue weighted by molar-refractivity contribution is 0.171. The number of aromatic nitrogens is 3. The molecule has 0 atom stereocenters. The smallest absolute Gasteiger partial charge is 0.236 e. The summed E-state index contributed by atoms with van der Waals surface area (Å²) in [5, 5.41) is 3.54. The molecule has 0 amide bonds. The SMILES string of the molecule is COc1cnc2nc(-c3c(F)cccc3Cl)c(Nc3ccc4c(c3)OCCO4)n2c1. The number of hydrogen-bond donors (Lipinski definition) is 1. The molecule has 1 N–H and O–H groups in total. The van der Waals surface area contributed by atoms with Crippen molar-refractivity contribution < 1.29 is 18.6 Å². The second-order valence-corrected chi connectivity index (χ2v) is 6.96. The molecule has 0 bridgehead atoms. The zero-order chi connectivity index (χ0) is 20.7. The third kappa shape index (κ3) is 3.15. The number of benzene rings is 2. The maximum absolute atomic E-state index is 14.7. The van der Waals surface area contributed by atoms with E-state index in [9.17, 15) is 4.39 Å². The average Bonchev–Trinajstić information content (AvgIpc) is 3.10. The molecule has 5 rings (SSSR count). The predicted octanol–water partition coefficient (Wildman–Crippen LogP) is 4.71. The van der Waals surface area contributed by atoms with Crippen LogP contribution in [0.1, 0.15) is 0 Å². The minimum absolute atomic E-state index is 0.184. The van der Waals surface area contributed by atoms with Crippen LogP contribution in [0.4, 0.5) is 15.9 Å². The summed E-state index contributed by atoms with van der Waals surface area (Å²) in [6.07, 6.45) is 3.26. The summed E-state index contributed by atoms with van der Waals surface area (Å²) in [6, 6.07) is 9.97. The Morgan fingerprint density at radius 2 is 2.00 bits per heavy atom. The molecule has 30 heavy (non-hydrogen) atoms. The summed E-state index contributed by atoms with van der Waals surface area (Å²) in [4.78, 5) is 8.82. The van der Waals surface area contributed by atoms with Crippen LogP contribution in [-0.4, -0.2) is 34.7 Å². The molecule has 2 aromatic carbocycles. The van der Waals surface area contributed by atoms with E-state index in [2.05, 4.69) is 15.3 Å². The molecule has 152 valence electrons. The van der Waals surface area contributed by atoms with Gasteiger partial charge in [-0.15, -0.1) is 0 Å². The van der Waals surface area contributed by atoms with Crippen LogP contribution >= 0.6 is 11.6 Å². The fourth-order valence-electron chi connectivity index (χ4n) is 3.30. The van der Waals surface area contributed by atoms with Crippen LogP contribution in [0.2, 0.25) is 5.02 Å². The van der Waals surface area contributed by atoms with Crippen LogP contribution in [0.25, 0.3) is 17.0 Å². The average molecular weight is 427 g/mol. The quantitative estimate of drug-likeness (QED) is 0.509. The van der Waals surface area contributed by atoms with Crippen LogP contribution in [-0.2, 0) is 0 Å². The van der Waals surface area contributed by atoms with E-state index in [1.165, 1.54) is 6.07 Å². The lowest BCUT2D eigenvalue weighted by atomic mass is 10.1. The minimum Gasteiger partial charge on any atom is -0.494 e. The van der Waals surface area contributed by atoms with E-state index in [0.29, 0.717) is 53.4 Å². The maximum atomic E-state index is 14.7. The van der Waals surface area contributed by atoms with E-state index < -0.39 is 5.82 Å². The molecule has 0 fully saturated rings. The highest BCUT2D eigenvalue weighted by atomic mass is 35.5. The zero-order valence-corrected chi connectivity index (χ0v) is 16.6. The first-order chi connectivity index (χ1) is 14.6. The van der Waals surface area contributed by atoms with Crippen LogP contribution in [0, 0.1) is 5.82 Å². The maximum Gasteiger partial charge on any atom is 0.236 e. The number of nitrogens with zero attached hydrogens (tertiary/aromatic N) is 3. The van der Waals surface area contributed by atoms with Gasteiger partial charge in [0, 0.05) is 11.8 Å². The second kappa shape index (κ2) is 7.38. The highest BCUT2D eigenvalue weighted by molar-refractivity contribution is 6.33. The van der Waals surface area contributed by atoms with Gasteiger partial charge in [-0.3, -0.25) is 4.40 Å². The van der Waals surface area contributed by atoms with Gasteiger partial charge in [-0.1, -0.05) is 17.7 Å². The highest BCUT2D eigenvalue weighted by Crippen LogP contribution is 2.39. The summed E-state index contributed by atoms with van der Waals surface area (Å²) in [5.74, 6) is 2.19. The van der Waals surface area contributed by atoms with Crippen LogP contribution in [0.15, 0.2) is 48.8 Å². The molecule has 0 unspecified atom stereocenters. The Hall–Kier alpha value is -3.52. The number of rotatable bonds is 4. The molecule has 0 spiro atoms. The Morgan fingerprint density at radius 1 is 1.17 bits per heavy atom. The van der Waals surface area contributed by atoms with Crippen molar-refractivity contribution in [2.24, 2.45) is 0 Å². The van der Waals surface area contributed by atoms with E-state index in [1.54, 1.807) is 36.0 Å². The van der Waals surface area contributed by atoms with E-state index in [-0.39, 0.29) is 10.6 Å². The fourth-order valence-corrected chi connectivity index (χ4v) is 3.55. The van der Waals surface area contributed by atoms with Crippen LogP contribution in [0.3, 0.4) is 0 Å². The largest absolute Gasteiger partial charge is 0.494 e. The topological polar surface area (TPSA) is 69.9 Å². The van der Waals surface area contributed by atoms with Crippen molar-refractivity contribution in [1.29, 1.82) is 0 Å². The molecular weight excluding hydrogens is 411 g/mol. The van der Waals surface area contributed by atoms with Crippen LogP contribution < -0.4 is 19.5 Å². The number of methoxy groups -OCH3 is 1. The van der Waals surface area contributed by atoms with E-state index in [1.807, 2.05) is 18.2 Å². The minimum atomic E-state index is -0.483. The second-order valence-electron chi connectivity index (χ2n) is 6.55. The molecule has 9 heteroatoms. The Balaban J connectivity index is 1.69. The number of imidazole rings is 1. The first-order valence-electron chi connectivity index (χ1n) is 9.17. The summed E-state index contributed by atoms with van der Waals surface area (Å²) in [5.41, 5.74) is 1.22. The van der Waals surface area contributed by atoms with Crippen LogP contribution in [0.5, 0.6) is 17.2 Å². The van der Waals surface area contributed by atoms with Gasteiger partial charge in [0.05, 0.1) is 30.1 Å². The lowest BCUT2D eigenvalue weighted by Crippen LogP contribution is -2.15. The van der Waals surface area contributed by atoms with Crippen molar-refractivity contribution in [1.82, 2.24) is 14.4 Å². The van der Waals surface area contributed by atoms with Crippen molar-refractivity contribution in [3.63, 3.8) is 0 Å². The van der Waals surface area contributed by atoms with Crippen molar-refractivity contribution in [3.8, 4) is 28.5 Å². The fraction of sp³-hybridized carbons (Fsp3) is 0.143. The zero-order valence-electron chi connectivity index (χ0n) is 15.9. The van der Waals surface area contributed by atoms with Gasteiger partial charge in [0.1, 0.15) is 30.5 Å². The number of nitrogens with one attached hydrogen (secondary N) is 1. The van der Waals surface area contributed by atoms with Gasteiger partial charge in [0.15, 0.2) is 17.2 Å². The molecule has 1 aliphatic heterocycles. The standard InChI is InChI=1S/C21H16ClFN4O3/c1-28-13-10-24-21-26-19(18-14(22)3-2-4-15(18)23)20(27(21)11-13)25-12-5-6-16-17(9-12)30-8-7-29-16/h2-6,9-11,25H,7-8H2,1H3. The Morgan fingerprint density at radius 3 is 2.80 bits per heavy atom. The van der Waals surface area contributed by atoms with Gasteiger partial charge >= 0.3 is 0 Å². The first-order valence-corrected chi connectivity index (χ1v) is 9.55. The first kappa shape index (κ1) is 18.5. The number of hydrogen-bond acceptors (Lipinski definition) is 6. The molecule has 0 saturated carbocycles. The molecular formula is C21H16ClFN4O3. The van der Waals surface area contributed by atoms with Crippen molar-refractivity contribution >= 4 is 28.9 Å². The number of fused-ring (bicyclic) bond motifs is 2. The third-order valence-corrected chi connectivity index (χ3v) is 5.01. The third-order valence-electron chi connectivity index (χ3n) is 4.70. The molecule has 2 aromatic heterocycles. The van der Waals surface area contributed by atoms with Crippen molar-refractivity contribution in [3.05, 3.63) is 59.6 Å². The summed E-state index contributed by atoms with van der Waals surface area (Å²) in [6.45, 7) is 0.984. The molecule has 7 nitrogen and oxygen atoms in total. The van der Waals surface area contributed by atoms with Gasteiger partial charge in [0.2, 0.25) is 5.78 Å². The molecule has 0 radical (unpaired) electrons. The summed E-state index contributed by atoms with van der Waals surface area (Å²) >= 11 is 6.32. The van der Waals surface area contributed by atoms with E-state index in [4.69, 9.17) is 25.8 Å². The van der Waals surface area contributed by atoms with Crippen molar-refractivity contribution in [2.45, 2.75) is 0 Å². The molecule has 0 saturated heterocycles. The van der Waals surface area contributed by atoms with E-state index >= 15 is 0 Å². The Labute approximate surface area is 176 Å². The summed E-state index contributed by atoms with van der Waals surface area (Å²) < 4.78 is 32.9. The molecule has 0 aliphatic carbocycles. The number of ether oxygens (including phenoxy) is 3. The number of anilines is 2. The predicted molar refractivity (Wildman–Crippen MR) is 111 cm³/mol. The van der Waals surface area contributed by atoms with Crippen molar-refractivity contribution in [2.75, 3.05) is 25.6 Å². The normalized spacial score (nSPS) is 12.8.